The van der Waals surface area contributed by atoms with Gasteiger partial charge in [-0.25, -0.2) is 0 Å². The van der Waals surface area contributed by atoms with Gasteiger partial charge in [0.15, 0.2) is 0 Å². The molecule has 0 bridgehead atoms. The summed E-state index contributed by atoms with van der Waals surface area (Å²) >= 11 is 1.86. The van der Waals surface area contributed by atoms with Crippen molar-refractivity contribution in [1.29, 1.82) is 0 Å². The molecular weight excluding hydrogens is 258 g/mol. The normalized spacial score (nSPS) is 18.5. The number of furan rings is 1. The van der Waals surface area contributed by atoms with Crippen molar-refractivity contribution in [3.8, 4) is 0 Å². The molecule has 2 N–H and O–H groups in total. The Bertz CT molecular complexity index is 389. The molecular formula is C15H25NO2S. The molecule has 3 nitrogen and oxygen atoms in total. The first-order valence-corrected chi connectivity index (χ1v) is 8.17. The standard InChI is InChI=1S/C15H25NO2S/c1-12-14(7-9-18-12)19-10-4-3-8-15(2,11-17)16-13-5-6-13/h7,9,13,16-17H,3-6,8,10-11H2,1-2H3. The van der Waals surface area contributed by atoms with Crippen molar-refractivity contribution in [2.24, 2.45) is 0 Å². The highest BCUT2D eigenvalue weighted by Crippen LogP contribution is 2.27. The maximum atomic E-state index is 9.52. The largest absolute Gasteiger partial charge is 0.468 e. The van der Waals surface area contributed by atoms with Crippen molar-refractivity contribution in [3.63, 3.8) is 0 Å². The summed E-state index contributed by atoms with van der Waals surface area (Å²) in [5, 5.41) is 13.1. The minimum Gasteiger partial charge on any atom is -0.468 e. The topological polar surface area (TPSA) is 45.4 Å². The van der Waals surface area contributed by atoms with Crippen molar-refractivity contribution < 1.29 is 9.52 Å². The van der Waals surface area contributed by atoms with Crippen LogP contribution in [0.25, 0.3) is 0 Å². The molecule has 0 aromatic carbocycles. The Kier molecular flexibility index (Phi) is 5.37. The number of nitrogens with one attached hydrogen (secondary N) is 1. The number of unbranched alkanes of at least 4 members (excludes halogenated alkanes) is 1. The van der Waals surface area contributed by atoms with Gasteiger partial charge in [-0.2, -0.15) is 0 Å². The number of aryl methyl sites for hydroxylation is 1. The van der Waals surface area contributed by atoms with E-state index in [1.165, 1.54) is 24.2 Å². The first-order chi connectivity index (χ1) is 9.13. The summed E-state index contributed by atoms with van der Waals surface area (Å²) in [6.07, 6.45) is 7.67. The second-order valence-corrected chi connectivity index (χ2v) is 6.92. The van der Waals surface area contributed by atoms with Crippen LogP contribution >= 0.6 is 11.8 Å². The second-order valence-electron chi connectivity index (χ2n) is 5.78. The summed E-state index contributed by atoms with van der Waals surface area (Å²) < 4.78 is 5.28. The molecule has 2 rings (SSSR count). The molecule has 0 saturated heterocycles. The highest BCUT2D eigenvalue weighted by molar-refractivity contribution is 7.99. The molecule has 0 aliphatic heterocycles. The molecule has 4 heteroatoms. The number of thioether (sulfide) groups is 1. The smallest absolute Gasteiger partial charge is 0.114 e. The Morgan fingerprint density at radius 2 is 2.26 bits per heavy atom. The Balaban J connectivity index is 1.61. The SMILES string of the molecule is Cc1occc1SCCCCC(C)(CO)NC1CC1. The van der Waals surface area contributed by atoms with Crippen LogP contribution in [0.1, 0.15) is 44.8 Å². The maximum Gasteiger partial charge on any atom is 0.114 e. The van der Waals surface area contributed by atoms with Crippen molar-refractivity contribution in [1.82, 2.24) is 5.32 Å². The summed E-state index contributed by atoms with van der Waals surface area (Å²) in [5.41, 5.74) is -0.0859. The number of aliphatic hydroxyl groups is 1. The zero-order valence-electron chi connectivity index (χ0n) is 11.9. The highest BCUT2D eigenvalue weighted by atomic mass is 32.2. The molecule has 1 aromatic heterocycles. The van der Waals surface area contributed by atoms with Gasteiger partial charge in [-0.15, -0.1) is 11.8 Å². The Morgan fingerprint density at radius 3 is 2.84 bits per heavy atom. The number of hydrogen-bond donors (Lipinski definition) is 2. The maximum absolute atomic E-state index is 9.52. The average molecular weight is 283 g/mol. The van der Waals surface area contributed by atoms with E-state index in [1.54, 1.807) is 6.26 Å². The van der Waals surface area contributed by atoms with Gasteiger partial charge in [-0.3, -0.25) is 0 Å². The van der Waals surface area contributed by atoms with Gasteiger partial charge < -0.3 is 14.8 Å². The number of hydrogen-bond acceptors (Lipinski definition) is 4. The van der Waals surface area contributed by atoms with Gasteiger partial charge >= 0.3 is 0 Å². The molecule has 1 aromatic rings. The lowest BCUT2D eigenvalue weighted by molar-refractivity contribution is 0.161. The van der Waals surface area contributed by atoms with E-state index in [-0.39, 0.29) is 12.1 Å². The molecule has 1 aliphatic carbocycles. The van der Waals surface area contributed by atoms with Crippen LogP contribution in [0.5, 0.6) is 0 Å². The molecule has 1 atom stereocenters. The summed E-state index contributed by atoms with van der Waals surface area (Å²) in [6, 6.07) is 2.69. The van der Waals surface area contributed by atoms with Crippen molar-refractivity contribution >= 4 is 11.8 Å². The van der Waals surface area contributed by atoms with E-state index in [2.05, 4.69) is 12.2 Å². The summed E-state index contributed by atoms with van der Waals surface area (Å²) in [6.45, 7) is 4.38. The molecule has 0 amide bonds. The van der Waals surface area contributed by atoms with Gasteiger partial charge in [-0.05, 0) is 51.3 Å². The third kappa shape index (κ3) is 4.86. The number of aliphatic hydroxyl groups excluding tert-OH is 1. The summed E-state index contributed by atoms with van der Waals surface area (Å²) in [4.78, 5) is 1.25. The van der Waals surface area contributed by atoms with Gasteiger partial charge in [0.25, 0.3) is 0 Å². The van der Waals surface area contributed by atoms with E-state index in [4.69, 9.17) is 4.42 Å². The Labute approximate surface area is 120 Å². The monoisotopic (exact) mass is 283 g/mol. The molecule has 0 radical (unpaired) electrons. The van der Waals surface area contributed by atoms with Crippen molar-refractivity contribution in [2.45, 2.75) is 62.4 Å². The van der Waals surface area contributed by atoms with E-state index in [9.17, 15) is 5.11 Å². The van der Waals surface area contributed by atoms with Gasteiger partial charge in [-0.1, -0.05) is 6.42 Å². The van der Waals surface area contributed by atoms with Gasteiger partial charge in [0.2, 0.25) is 0 Å². The fraction of sp³-hybridized carbons (Fsp3) is 0.733. The third-order valence-electron chi connectivity index (χ3n) is 3.67. The minimum absolute atomic E-state index is 0.0859. The second kappa shape index (κ2) is 6.82. The van der Waals surface area contributed by atoms with Crippen LogP contribution in [0.15, 0.2) is 21.6 Å². The molecule has 1 saturated carbocycles. The zero-order valence-corrected chi connectivity index (χ0v) is 12.8. The fourth-order valence-corrected chi connectivity index (χ4v) is 3.21. The predicted molar refractivity (Wildman–Crippen MR) is 79.7 cm³/mol. The molecule has 108 valence electrons. The van der Waals surface area contributed by atoms with Gasteiger partial charge in [0.1, 0.15) is 5.76 Å². The molecule has 1 heterocycles. The molecule has 1 unspecified atom stereocenters. The minimum atomic E-state index is -0.0859. The highest BCUT2D eigenvalue weighted by Gasteiger charge is 2.31. The third-order valence-corrected chi connectivity index (χ3v) is 4.90. The van der Waals surface area contributed by atoms with Crippen LogP contribution < -0.4 is 5.32 Å². The lowest BCUT2D eigenvalue weighted by Crippen LogP contribution is -2.46. The van der Waals surface area contributed by atoms with E-state index >= 15 is 0 Å². The average Bonchev–Trinajstić information content (AvgIpc) is 3.11. The first kappa shape index (κ1) is 14.9. The van der Waals surface area contributed by atoms with Crippen LogP contribution in [0, 0.1) is 6.92 Å². The van der Waals surface area contributed by atoms with Gasteiger partial charge in [0.05, 0.1) is 12.9 Å². The van der Waals surface area contributed by atoms with Crippen LogP contribution in [-0.4, -0.2) is 29.0 Å². The Morgan fingerprint density at radius 1 is 1.47 bits per heavy atom. The lowest BCUT2D eigenvalue weighted by atomic mass is 9.96. The lowest BCUT2D eigenvalue weighted by Gasteiger charge is -2.29. The molecule has 1 fully saturated rings. The van der Waals surface area contributed by atoms with E-state index < -0.39 is 0 Å². The fourth-order valence-electron chi connectivity index (χ4n) is 2.24. The molecule has 1 aliphatic rings. The first-order valence-electron chi connectivity index (χ1n) is 7.18. The van der Waals surface area contributed by atoms with Crippen molar-refractivity contribution in [3.05, 3.63) is 18.1 Å². The van der Waals surface area contributed by atoms with Crippen LogP contribution in [-0.2, 0) is 0 Å². The van der Waals surface area contributed by atoms with Crippen molar-refractivity contribution in [2.75, 3.05) is 12.4 Å². The van der Waals surface area contributed by atoms with E-state index in [0.29, 0.717) is 6.04 Å². The van der Waals surface area contributed by atoms with Gasteiger partial charge in [0, 0.05) is 16.5 Å². The molecule has 0 spiro atoms. The summed E-state index contributed by atoms with van der Waals surface area (Å²) in [7, 11) is 0. The number of rotatable bonds is 9. The summed E-state index contributed by atoms with van der Waals surface area (Å²) in [5.74, 6) is 2.13. The zero-order chi connectivity index (χ0) is 13.7. The Hall–Kier alpha value is -0.450. The van der Waals surface area contributed by atoms with Crippen LogP contribution in [0.4, 0.5) is 0 Å². The van der Waals surface area contributed by atoms with Crippen LogP contribution in [0.2, 0.25) is 0 Å². The molecule has 19 heavy (non-hydrogen) atoms. The van der Waals surface area contributed by atoms with E-state index in [1.807, 2.05) is 24.8 Å². The quantitative estimate of drug-likeness (QED) is 0.539. The van der Waals surface area contributed by atoms with Crippen LogP contribution in [0.3, 0.4) is 0 Å². The predicted octanol–water partition coefficient (Wildman–Crippen LogP) is 3.35. The van der Waals surface area contributed by atoms with E-state index in [0.717, 1.165) is 24.4 Å².